The number of methoxy groups -OCH3 is 1. The molecule has 1 N–H and O–H groups in total. The van der Waals surface area contributed by atoms with Crippen LogP contribution in [-0.2, 0) is 16.3 Å². The molecule has 0 spiro atoms. The summed E-state index contributed by atoms with van der Waals surface area (Å²) in [5.74, 6) is 0.113. The maximum Gasteiger partial charge on any atom is 0.231 e. The summed E-state index contributed by atoms with van der Waals surface area (Å²) in [7, 11) is 0.389. The molecule has 0 radical (unpaired) electrons. The molecule has 1 aliphatic carbocycles. The molecule has 0 unspecified atom stereocenters. The maximum atomic E-state index is 13.3. The van der Waals surface area contributed by atoms with Crippen molar-refractivity contribution in [2.24, 2.45) is 5.92 Å². The third-order valence-corrected chi connectivity index (χ3v) is 7.90. The van der Waals surface area contributed by atoms with E-state index in [4.69, 9.17) is 18.9 Å². The van der Waals surface area contributed by atoms with Gasteiger partial charge in [-0.3, -0.25) is 4.79 Å². The number of carbonyl (C=O) groups excluding carboxylic acids is 1. The highest BCUT2D eigenvalue weighted by atomic mass is 28.3. The topological polar surface area (TPSA) is 91.4 Å². The lowest BCUT2D eigenvalue weighted by atomic mass is 10.0. The number of hydrogen-bond acceptors (Lipinski definition) is 6. The van der Waals surface area contributed by atoms with E-state index in [1.54, 1.807) is 13.2 Å². The van der Waals surface area contributed by atoms with Crippen molar-refractivity contribution in [3.63, 3.8) is 0 Å². The minimum absolute atomic E-state index is 0.267. The second-order valence-corrected chi connectivity index (χ2v) is 15.8. The van der Waals surface area contributed by atoms with Gasteiger partial charge in [-0.25, -0.2) is 14.4 Å². The molecule has 5 rings (SSSR count). The molecule has 3 aromatic heterocycles. The zero-order valence-electron chi connectivity index (χ0n) is 20.3. The van der Waals surface area contributed by atoms with Gasteiger partial charge in [0.25, 0.3) is 0 Å². The maximum absolute atomic E-state index is 13.3. The summed E-state index contributed by atoms with van der Waals surface area (Å²) in [5.41, 5.74) is 3.73. The molecule has 2 atom stereocenters. The highest BCUT2D eigenvalue weighted by Crippen LogP contribution is 2.39. The second kappa shape index (κ2) is 9.08. The minimum atomic E-state index is -1.23. The number of anilines is 1. The van der Waals surface area contributed by atoms with Crippen molar-refractivity contribution in [2.45, 2.75) is 45.0 Å². The number of amides is 1. The zero-order valence-corrected chi connectivity index (χ0v) is 21.3. The van der Waals surface area contributed by atoms with E-state index in [1.807, 2.05) is 29.0 Å². The molecule has 4 aromatic rings. The Morgan fingerprint density at radius 2 is 2.09 bits per heavy atom. The molecule has 1 saturated carbocycles. The second-order valence-electron chi connectivity index (χ2n) is 10.1. The van der Waals surface area contributed by atoms with Crippen LogP contribution < -0.4 is 10.1 Å². The van der Waals surface area contributed by atoms with E-state index in [2.05, 4.69) is 29.9 Å². The summed E-state index contributed by atoms with van der Waals surface area (Å²) in [4.78, 5) is 21.2. The summed E-state index contributed by atoms with van der Waals surface area (Å²) < 4.78 is 32.4. The lowest BCUT2D eigenvalue weighted by molar-refractivity contribution is -0.117. The van der Waals surface area contributed by atoms with Crippen molar-refractivity contribution in [3.05, 3.63) is 36.9 Å². The van der Waals surface area contributed by atoms with Gasteiger partial charge in [-0.15, -0.1) is 0 Å². The first-order valence-corrected chi connectivity index (χ1v) is 15.4. The lowest BCUT2D eigenvalue weighted by Gasteiger charge is -2.15. The van der Waals surface area contributed by atoms with Gasteiger partial charge in [-0.2, -0.15) is 0 Å². The number of fused-ring (bicyclic) bond motifs is 2. The number of benzene rings is 1. The Hall–Kier alpha value is -3.24. The van der Waals surface area contributed by atoms with Crippen LogP contribution in [0.2, 0.25) is 25.7 Å². The fraction of sp³-hybridized carbons (Fsp3) is 0.400. The first-order chi connectivity index (χ1) is 16.7. The van der Waals surface area contributed by atoms with Crippen LogP contribution in [0.3, 0.4) is 0 Å². The summed E-state index contributed by atoms with van der Waals surface area (Å²) in [6, 6.07) is 8.42. The van der Waals surface area contributed by atoms with E-state index < -0.39 is 20.2 Å². The fourth-order valence-electron chi connectivity index (χ4n) is 4.01. The quantitative estimate of drug-likeness (QED) is 0.244. The highest BCUT2D eigenvalue weighted by molar-refractivity contribution is 6.76. The monoisotopic (exact) mass is 496 g/mol. The highest BCUT2D eigenvalue weighted by Gasteiger charge is 2.43. The Morgan fingerprint density at radius 1 is 1.29 bits per heavy atom. The number of nitrogens with zero attached hydrogens (tertiary/aromatic N) is 3. The van der Waals surface area contributed by atoms with Crippen LogP contribution in [0.15, 0.2) is 41.3 Å². The van der Waals surface area contributed by atoms with Crippen LogP contribution in [0.25, 0.3) is 33.3 Å². The van der Waals surface area contributed by atoms with Gasteiger partial charge >= 0.3 is 0 Å². The molecule has 10 heteroatoms. The summed E-state index contributed by atoms with van der Waals surface area (Å²) in [5, 5.41) is 3.61. The van der Waals surface area contributed by atoms with E-state index in [-0.39, 0.29) is 12.3 Å². The number of ether oxygens (including phenoxy) is 2. The molecular formula is C25H29FN4O4Si. The molecule has 1 aliphatic rings. The van der Waals surface area contributed by atoms with Gasteiger partial charge in [0.2, 0.25) is 5.91 Å². The number of alkyl halides is 1. The Labute approximate surface area is 203 Å². The molecule has 1 fully saturated rings. The van der Waals surface area contributed by atoms with E-state index in [9.17, 15) is 9.18 Å². The SMILES string of the molecule is COc1cc2ncoc2cc1-c1cn(COCC[Si](C)(C)C)c2nc(NC(=O)[C@@H]3C[C@@H]3F)ccc12. The molecule has 8 nitrogen and oxygen atoms in total. The molecule has 0 bridgehead atoms. The molecule has 184 valence electrons. The van der Waals surface area contributed by atoms with Gasteiger partial charge in [0, 0.05) is 43.5 Å². The van der Waals surface area contributed by atoms with Crippen molar-refractivity contribution in [1.82, 2.24) is 14.5 Å². The van der Waals surface area contributed by atoms with E-state index in [0.717, 1.165) is 22.6 Å². The fourth-order valence-corrected chi connectivity index (χ4v) is 4.76. The Bertz CT molecular complexity index is 1390. The average Bonchev–Trinajstić information content (AvgIpc) is 3.22. The van der Waals surface area contributed by atoms with Crippen LogP contribution in [0, 0.1) is 5.92 Å². The standard InChI is InChI=1S/C25H29FN4O4Si/c1-32-21-11-20-22(34-13-27-20)10-16(21)18-12-30(14-33-7-8-35(2,3)4)24-15(18)5-6-23(28-24)29-25(31)17-9-19(17)26/h5-6,10-13,17,19H,7-9,14H2,1-4H3,(H,28,29,31)/t17-,19+/m1/s1. The van der Waals surface area contributed by atoms with Gasteiger partial charge in [0.1, 0.15) is 35.6 Å². The van der Waals surface area contributed by atoms with Crippen LogP contribution in [0.5, 0.6) is 5.75 Å². The molecule has 1 amide bonds. The van der Waals surface area contributed by atoms with E-state index in [0.29, 0.717) is 41.7 Å². The number of hydrogen-bond donors (Lipinski definition) is 1. The third-order valence-electron chi connectivity index (χ3n) is 6.19. The van der Waals surface area contributed by atoms with Crippen LogP contribution in [-0.4, -0.2) is 48.4 Å². The molecule has 35 heavy (non-hydrogen) atoms. The van der Waals surface area contributed by atoms with Crippen molar-refractivity contribution < 1.29 is 23.1 Å². The number of pyridine rings is 1. The Kier molecular flexibility index (Phi) is 6.10. The molecule has 0 saturated heterocycles. The summed E-state index contributed by atoms with van der Waals surface area (Å²) in [6.45, 7) is 7.90. The normalized spacial score (nSPS) is 17.7. The zero-order chi connectivity index (χ0) is 24.7. The van der Waals surface area contributed by atoms with Gasteiger partial charge in [0.05, 0.1) is 13.0 Å². The average molecular weight is 497 g/mol. The first kappa shape index (κ1) is 23.5. The molecule has 3 heterocycles. The van der Waals surface area contributed by atoms with E-state index in [1.165, 1.54) is 6.39 Å². The van der Waals surface area contributed by atoms with Gasteiger partial charge < -0.3 is 23.8 Å². The Balaban J connectivity index is 1.53. The van der Waals surface area contributed by atoms with Crippen LogP contribution in [0.4, 0.5) is 10.2 Å². The molecule has 1 aromatic carbocycles. The van der Waals surface area contributed by atoms with Crippen molar-refractivity contribution in [1.29, 1.82) is 0 Å². The van der Waals surface area contributed by atoms with Crippen molar-refractivity contribution in [2.75, 3.05) is 19.0 Å². The summed E-state index contributed by atoms with van der Waals surface area (Å²) in [6.07, 6.45) is 2.58. The van der Waals surface area contributed by atoms with Crippen LogP contribution >= 0.6 is 0 Å². The van der Waals surface area contributed by atoms with Gasteiger partial charge in [-0.05, 0) is 30.7 Å². The molecular weight excluding hydrogens is 467 g/mol. The number of oxazole rings is 1. The predicted molar refractivity (Wildman–Crippen MR) is 135 cm³/mol. The summed E-state index contributed by atoms with van der Waals surface area (Å²) >= 11 is 0. The van der Waals surface area contributed by atoms with Gasteiger partial charge in [-0.1, -0.05) is 19.6 Å². The van der Waals surface area contributed by atoms with Gasteiger partial charge in [0.15, 0.2) is 12.0 Å². The minimum Gasteiger partial charge on any atom is -0.496 e. The number of nitrogens with one attached hydrogen (secondary N) is 1. The number of halogens is 1. The largest absolute Gasteiger partial charge is 0.496 e. The predicted octanol–water partition coefficient (Wildman–Crippen LogP) is 5.46. The van der Waals surface area contributed by atoms with E-state index >= 15 is 0 Å². The van der Waals surface area contributed by atoms with Crippen molar-refractivity contribution in [3.8, 4) is 16.9 Å². The lowest BCUT2D eigenvalue weighted by Crippen LogP contribution is -2.22. The number of rotatable bonds is 9. The smallest absolute Gasteiger partial charge is 0.231 e. The van der Waals surface area contributed by atoms with Crippen LogP contribution in [0.1, 0.15) is 6.42 Å². The third kappa shape index (κ3) is 4.94. The Morgan fingerprint density at radius 3 is 2.80 bits per heavy atom. The number of carbonyl (C=O) groups is 1. The molecule has 0 aliphatic heterocycles. The van der Waals surface area contributed by atoms with Crippen molar-refractivity contribution >= 4 is 41.9 Å². The first-order valence-electron chi connectivity index (χ1n) is 11.7. The number of aromatic nitrogens is 3.